The third-order valence-electron chi connectivity index (χ3n) is 2.96. The first kappa shape index (κ1) is 14.3. The van der Waals surface area contributed by atoms with Crippen molar-refractivity contribution in [1.82, 2.24) is 10.5 Å². The molecule has 5 heteroatoms. The van der Waals surface area contributed by atoms with Crippen molar-refractivity contribution in [1.29, 1.82) is 0 Å². The van der Waals surface area contributed by atoms with Gasteiger partial charge in [0.2, 0.25) is 0 Å². The maximum Gasteiger partial charge on any atom is 0.273 e. The van der Waals surface area contributed by atoms with Crippen molar-refractivity contribution in [3.63, 3.8) is 0 Å². The fourth-order valence-corrected chi connectivity index (χ4v) is 1.59. The number of amides is 1. The van der Waals surface area contributed by atoms with E-state index in [4.69, 9.17) is 9.63 Å². The van der Waals surface area contributed by atoms with Crippen LogP contribution in [0.3, 0.4) is 0 Å². The van der Waals surface area contributed by atoms with Crippen molar-refractivity contribution in [2.24, 2.45) is 5.41 Å². The summed E-state index contributed by atoms with van der Waals surface area (Å²) in [5.74, 6) is 0.245. The minimum atomic E-state index is -0.359. The summed E-state index contributed by atoms with van der Waals surface area (Å²) in [4.78, 5) is 11.9. The number of nitrogens with zero attached hydrogens (tertiary/aromatic N) is 1. The molecule has 1 heterocycles. The van der Waals surface area contributed by atoms with Gasteiger partial charge in [-0.15, -0.1) is 0 Å². The van der Waals surface area contributed by atoms with Gasteiger partial charge in [-0.25, -0.2) is 0 Å². The van der Waals surface area contributed by atoms with Crippen LogP contribution in [0.5, 0.6) is 0 Å². The lowest BCUT2D eigenvalue weighted by Crippen LogP contribution is -2.36. The first-order valence-corrected chi connectivity index (χ1v) is 6.43. The molecule has 0 aliphatic heterocycles. The molecule has 0 bridgehead atoms. The number of hydrogen-bond acceptors (Lipinski definition) is 4. The van der Waals surface area contributed by atoms with Gasteiger partial charge in [-0.2, -0.15) is 0 Å². The molecule has 1 amide bonds. The lowest BCUT2D eigenvalue weighted by atomic mass is 9.95. The predicted octanol–water partition coefficient (Wildman–Crippen LogP) is 2.09. The Bertz CT molecular complexity index is 576. The van der Waals surface area contributed by atoms with Crippen molar-refractivity contribution in [3.8, 4) is 11.3 Å². The van der Waals surface area contributed by atoms with Gasteiger partial charge >= 0.3 is 0 Å². The largest absolute Gasteiger partial charge is 0.396 e. The van der Waals surface area contributed by atoms with Crippen LogP contribution in [0.2, 0.25) is 0 Å². The van der Waals surface area contributed by atoms with E-state index in [2.05, 4.69) is 10.5 Å². The monoisotopic (exact) mass is 274 g/mol. The molecule has 106 valence electrons. The predicted molar refractivity (Wildman–Crippen MR) is 75.1 cm³/mol. The molecule has 0 saturated heterocycles. The molecule has 0 atom stereocenters. The lowest BCUT2D eigenvalue weighted by molar-refractivity contribution is 0.0902. The van der Waals surface area contributed by atoms with Gasteiger partial charge in [0.15, 0.2) is 11.5 Å². The van der Waals surface area contributed by atoms with Crippen LogP contribution < -0.4 is 5.32 Å². The van der Waals surface area contributed by atoms with Crippen LogP contribution in [0.25, 0.3) is 11.3 Å². The molecule has 5 nitrogen and oxygen atoms in total. The Hall–Kier alpha value is -2.14. The molecule has 20 heavy (non-hydrogen) atoms. The normalized spacial score (nSPS) is 11.3. The lowest BCUT2D eigenvalue weighted by Gasteiger charge is -2.21. The van der Waals surface area contributed by atoms with E-state index in [9.17, 15) is 4.79 Å². The third kappa shape index (κ3) is 3.45. The topological polar surface area (TPSA) is 75.4 Å². The highest BCUT2D eigenvalue weighted by Gasteiger charge is 2.19. The molecule has 0 radical (unpaired) electrons. The highest BCUT2D eigenvalue weighted by atomic mass is 16.5. The fourth-order valence-electron chi connectivity index (χ4n) is 1.59. The van der Waals surface area contributed by atoms with Crippen LogP contribution in [0.1, 0.15) is 24.3 Å². The second kappa shape index (κ2) is 5.88. The maximum atomic E-state index is 11.9. The van der Waals surface area contributed by atoms with Crippen molar-refractivity contribution in [2.75, 3.05) is 13.2 Å². The number of nitrogens with one attached hydrogen (secondary N) is 1. The highest BCUT2D eigenvalue weighted by molar-refractivity contribution is 5.93. The molecular weight excluding hydrogens is 256 g/mol. The molecule has 1 aromatic carbocycles. The number of aliphatic hydroxyl groups is 1. The summed E-state index contributed by atoms with van der Waals surface area (Å²) >= 11 is 0. The van der Waals surface area contributed by atoms with Crippen molar-refractivity contribution >= 4 is 5.91 Å². The maximum absolute atomic E-state index is 11.9. The minimum absolute atomic E-state index is 0.00135. The number of aromatic nitrogens is 1. The average molecular weight is 274 g/mol. The van der Waals surface area contributed by atoms with Crippen LogP contribution >= 0.6 is 0 Å². The number of carbonyl (C=O) groups excluding carboxylic acids is 1. The Morgan fingerprint density at radius 1 is 1.35 bits per heavy atom. The third-order valence-corrected chi connectivity index (χ3v) is 2.96. The van der Waals surface area contributed by atoms with Gasteiger partial charge in [0, 0.05) is 30.2 Å². The van der Waals surface area contributed by atoms with Gasteiger partial charge in [-0.05, 0) is 0 Å². The van der Waals surface area contributed by atoms with Gasteiger partial charge in [0.25, 0.3) is 5.91 Å². The van der Waals surface area contributed by atoms with E-state index in [1.54, 1.807) is 6.07 Å². The average Bonchev–Trinajstić information content (AvgIpc) is 2.96. The van der Waals surface area contributed by atoms with Crippen molar-refractivity contribution in [2.45, 2.75) is 13.8 Å². The van der Waals surface area contributed by atoms with E-state index in [1.807, 2.05) is 44.2 Å². The second-order valence-corrected chi connectivity index (χ2v) is 5.45. The molecule has 0 saturated carbocycles. The Kier molecular flexibility index (Phi) is 4.20. The quantitative estimate of drug-likeness (QED) is 0.875. The Balaban J connectivity index is 2.04. The van der Waals surface area contributed by atoms with E-state index in [0.717, 1.165) is 5.56 Å². The van der Waals surface area contributed by atoms with Crippen LogP contribution in [-0.4, -0.2) is 29.3 Å². The van der Waals surface area contributed by atoms with Crippen LogP contribution in [0.4, 0.5) is 0 Å². The minimum Gasteiger partial charge on any atom is -0.396 e. The summed E-state index contributed by atoms with van der Waals surface area (Å²) in [5.41, 5.74) is 0.745. The van der Waals surface area contributed by atoms with Crippen LogP contribution in [-0.2, 0) is 0 Å². The van der Waals surface area contributed by atoms with Crippen LogP contribution in [0.15, 0.2) is 40.9 Å². The van der Waals surface area contributed by atoms with Crippen molar-refractivity contribution < 1.29 is 14.4 Å². The van der Waals surface area contributed by atoms with E-state index in [-0.39, 0.29) is 23.6 Å². The number of aliphatic hydroxyl groups excluding tert-OH is 1. The molecule has 0 fully saturated rings. The van der Waals surface area contributed by atoms with E-state index < -0.39 is 0 Å². The van der Waals surface area contributed by atoms with Gasteiger partial charge in [-0.3, -0.25) is 4.79 Å². The first-order chi connectivity index (χ1) is 9.52. The van der Waals surface area contributed by atoms with E-state index in [1.165, 1.54) is 0 Å². The van der Waals surface area contributed by atoms with Gasteiger partial charge < -0.3 is 14.9 Å². The first-order valence-electron chi connectivity index (χ1n) is 6.43. The second-order valence-electron chi connectivity index (χ2n) is 5.45. The molecule has 2 N–H and O–H groups in total. The summed E-state index contributed by atoms with van der Waals surface area (Å²) in [7, 11) is 0. The number of benzene rings is 1. The number of hydrogen-bond donors (Lipinski definition) is 2. The summed E-state index contributed by atoms with van der Waals surface area (Å²) in [5, 5.41) is 15.6. The zero-order valence-electron chi connectivity index (χ0n) is 11.6. The zero-order valence-corrected chi connectivity index (χ0v) is 11.6. The molecule has 1 aromatic heterocycles. The molecule has 0 spiro atoms. The van der Waals surface area contributed by atoms with E-state index in [0.29, 0.717) is 12.3 Å². The molecule has 0 unspecified atom stereocenters. The molecule has 0 aliphatic rings. The molecule has 0 aliphatic carbocycles. The SMILES string of the molecule is CC(C)(CO)CNC(=O)c1cc(-c2ccccc2)on1. The van der Waals surface area contributed by atoms with Crippen LogP contribution in [0, 0.1) is 5.41 Å². The fraction of sp³-hybridized carbons (Fsp3) is 0.333. The van der Waals surface area contributed by atoms with Gasteiger partial charge in [0.05, 0.1) is 0 Å². The Labute approximate surface area is 117 Å². The summed E-state index contributed by atoms with van der Waals surface area (Å²) in [6.07, 6.45) is 0. The zero-order chi connectivity index (χ0) is 14.6. The Morgan fingerprint density at radius 3 is 2.70 bits per heavy atom. The standard InChI is InChI=1S/C15H18N2O3/c1-15(2,10-18)9-16-14(19)12-8-13(20-17-12)11-6-4-3-5-7-11/h3-8,18H,9-10H2,1-2H3,(H,16,19). The highest BCUT2D eigenvalue weighted by Crippen LogP contribution is 2.19. The summed E-state index contributed by atoms with van der Waals surface area (Å²) in [6.45, 7) is 4.11. The molecule has 2 aromatic rings. The van der Waals surface area contributed by atoms with Gasteiger partial charge in [-0.1, -0.05) is 49.3 Å². The summed E-state index contributed by atoms with van der Waals surface area (Å²) in [6, 6.07) is 11.1. The number of carbonyl (C=O) groups is 1. The molecule has 2 rings (SSSR count). The van der Waals surface area contributed by atoms with Gasteiger partial charge in [0.1, 0.15) is 0 Å². The van der Waals surface area contributed by atoms with E-state index >= 15 is 0 Å². The van der Waals surface area contributed by atoms with Crippen molar-refractivity contribution in [3.05, 3.63) is 42.1 Å². The molecular formula is C15H18N2O3. The summed E-state index contributed by atoms with van der Waals surface area (Å²) < 4.78 is 5.17. The number of rotatable bonds is 5. The smallest absolute Gasteiger partial charge is 0.273 e. The Morgan fingerprint density at radius 2 is 2.05 bits per heavy atom.